The zero-order chi connectivity index (χ0) is 80.8. The number of carbonyl (C=O) groups is 4. The lowest BCUT2D eigenvalue weighted by molar-refractivity contribution is -0.161. The lowest BCUT2D eigenvalue weighted by Gasteiger charge is -2.21. The predicted octanol–water partition coefficient (Wildman–Crippen LogP) is 27.6. The average molecular weight is 1600 g/mol. The number of rotatable bonds is 87. The third-order valence-electron chi connectivity index (χ3n) is 21.5. The molecule has 0 spiro atoms. The van der Waals surface area contributed by atoms with Crippen LogP contribution in [0.4, 0.5) is 0 Å². The van der Waals surface area contributed by atoms with Crippen LogP contribution in [0.15, 0.2) is 24.3 Å². The largest absolute Gasteiger partial charge is 0.472 e. The van der Waals surface area contributed by atoms with Crippen molar-refractivity contribution < 1.29 is 80.2 Å². The number of aliphatic hydroxyl groups excluding tert-OH is 1. The van der Waals surface area contributed by atoms with Crippen LogP contribution in [0.3, 0.4) is 0 Å². The molecule has 0 aromatic rings. The Bertz CT molecular complexity index is 2210. The van der Waals surface area contributed by atoms with E-state index in [0.29, 0.717) is 25.7 Å². The van der Waals surface area contributed by atoms with E-state index in [0.717, 1.165) is 127 Å². The van der Waals surface area contributed by atoms with Gasteiger partial charge in [0.1, 0.15) is 19.3 Å². The van der Waals surface area contributed by atoms with E-state index in [4.69, 9.17) is 37.0 Å². The van der Waals surface area contributed by atoms with Gasteiger partial charge in [-0.3, -0.25) is 37.3 Å². The molecular formula is C91H174O17P2. The fourth-order valence-electron chi connectivity index (χ4n) is 13.6. The van der Waals surface area contributed by atoms with Gasteiger partial charge < -0.3 is 33.8 Å². The molecule has 0 amide bonds. The van der Waals surface area contributed by atoms with Crippen LogP contribution < -0.4 is 0 Å². The number of aliphatic hydroxyl groups is 1. The molecular weight excluding hydrogens is 1430 g/mol. The molecule has 3 N–H and O–H groups in total. The molecule has 0 saturated heterocycles. The molecule has 0 aliphatic carbocycles. The highest BCUT2D eigenvalue weighted by atomic mass is 31.2. The summed E-state index contributed by atoms with van der Waals surface area (Å²) < 4.78 is 69.0. The van der Waals surface area contributed by atoms with Gasteiger partial charge in [-0.25, -0.2) is 9.13 Å². The van der Waals surface area contributed by atoms with Crippen LogP contribution in [0.25, 0.3) is 0 Å². The molecule has 0 aromatic heterocycles. The zero-order valence-electron chi connectivity index (χ0n) is 72.2. The Morgan fingerprint density at radius 3 is 0.809 bits per heavy atom. The highest BCUT2D eigenvalue weighted by Crippen LogP contribution is 2.45. The fraction of sp³-hybridized carbons (Fsp3) is 0.912. The van der Waals surface area contributed by atoms with Gasteiger partial charge in [-0.05, 0) is 69.1 Å². The first kappa shape index (κ1) is 108. The van der Waals surface area contributed by atoms with Crippen molar-refractivity contribution >= 4 is 39.5 Å². The standard InChI is InChI=1S/C91H174O17P2/c1-8-11-12-13-14-15-16-17-26-34-39-44-53-60-67-74-91(96)108-87(79-102-89(94)73-66-59-52-47-46-48-55-62-69-82(4)5)81-106-110(99,100)104-77-85(92)76-103-109(97,98)105-80-86(107-90(95)75-68-61-54-45-40-35-30-25-21-19-23-28-32-37-42-50-57-64-71-84(7)10-3)78-101-88(93)72-65-58-51-43-38-33-29-24-20-18-22-27-31-36-41-49-56-63-70-83(6)9-2/h15-17,26,82-87,92H,8-14,18-25,27-81H2,1-7H3,(H,97,98)(H,99,100)/b16-15-,26-17-/t83?,84?,85-,86-,87-/m1/s1. The van der Waals surface area contributed by atoms with Crippen LogP contribution in [-0.4, -0.2) is 96.7 Å². The maximum Gasteiger partial charge on any atom is 0.472 e. The van der Waals surface area contributed by atoms with Crippen molar-refractivity contribution in [2.24, 2.45) is 17.8 Å². The van der Waals surface area contributed by atoms with Crippen LogP contribution in [0, 0.1) is 17.8 Å². The van der Waals surface area contributed by atoms with E-state index in [1.165, 1.54) is 250 Å². The van der Waals surface area contributed by atoms with E-state index in [1.54, 1.807) is 0 Å². The lowest BCUT2D eigenvalue weighted by Crippen LogP contribution is -2.30. The number of hydrogen-bond acceptors (Lipinski definition) is 15. The molecule has 4 unspecified atom stereocenters. The van der Waals surface area contributed by atoms with Crippen LogP contribution in [0.1, 0.15) is 459 Å². The summed E-state index contributed by atoms with van der Waals surface area (Å²) in [7, 11) is -9.95. The second-order valence-electron chi connectivity index (χ2n) is 33.0. The molecule has 0 rings (SSSR count). The van der Waals surface area contributed by atoms with Gasteiger partial charge >= 0.3 is 39.5 Å². The second kappa shape index (κ2) is 80.3. The van der Waals surface area contributed by atoms with Gasteiger partial charge in [0, 0.05) is 25.7 Å². The maximum absolute atomic E-state index is 13.2. The number of hydrogen-bond donors (Lipinski definition) is 3. The second-order valence-corrected chi connectivity index (χ2v) is 35.9. The van der Waals surface area contributed by atoms with Gasteiger partial charge in [-0.15, -0.1) is 0 Å². The summed E-state index contributed by atoms with van der Waals surface area (Å²) in [6.07, 6.45) is 75.9. The van der Waals surface area contributed by atoms with Crippen molar-refractivity contribution in [1.29, 1.82) is 0 Å². The summed E-state index contributed by atoms with van der Waals surface area (Å²) in [6.45, 7) is 12.0. The Kier molecular flexibility index (Phi) is 78.5. The first-order chi connectivity index (χ1) is 53.3. The van der Waals surface area contributed by atoms with Crippen molar-refractivity contribution in [3.63, 3.8) is 0 Å². The highest BCUT2D eigenvalue weighted by molar-refractivity contribution is 7.47. The Labute approximate surface area is 675 Å². The van der Waals surface area contributed by atoms with E-state index < -0.39 is 97.5 Å². The minimum absolute atomic E-state index is 0.0846. The number of unbranched alkanes of at least 4 members (excludes halogenated alkanes) is 50. The first-order valence-corrected chi connectivity index (χ1v) is 49.2. The molecule has 19 heteroatoms. The van der Waals surface area contributed by atoms with Crippen molar-refractivity contribution in [1.82, 2.24) is 0 Å². The predicted molar refractivity (Wildman–Crippen MR) is 455 cm³/mol. The van der Waals surface area contributed by atoms with Gasteiger partial charge in [-0.2, -0.15) is 0 Å². The molecule has 17 nitrogen and oxygen atoms in total. The van der Waals surface area contributed by atoms with Crippen LogP contribution in [0.5, 0.6) is 0 Å². The monoisotopic (exact) mass is 1600 g/mol. The fourth-order valence-corrected chi connectivity index (χ4v) is 15.2. The van der Waals surface area contributed by atoms with Crippen molar-refractivity contribution in [2.75, 3.05) is 39.6 Å². The Hall–Kier alpha value is -2.46. The third-order valence-corrected chi connectivity index (χ3v) is 23.4. The number of allylic oxidation sites excluding steroid dienone is 4. The number of carbonyl (C=O) groups excluding carboxylic acids is 4. The van der Waals surface area contributed by atoms with Gasteiger partial charge in [0.2, 0.25) is 0 Å². The van der Waals surface area contributed by atoms with E-state index in [1.807, 2.05) is 0 Å². The SMILES string of the molecule is CCCCCC/C=C\C=C/CCCCCCCC(=O)O[C@H](COC(=O)CCCCCCCCCCC(C)C)COP(=O)(O)OC[C@H](O)COP(=O)(O)OC[C@@H](COC(=O)CCCCCCCCCCCCCCCCCCCCC(C)CC)OC(=O)CCCCCCCCCCCCCCCCCCCCC(C)CC. The first-order valence-electron chi connectivity index (χ1n) is 46.2. The molecule has 0 saturated carbocycles. The van der Waals surface area contributed by atoms with Crippen molar-refractivity contribution in [2.45, 2.75) is 478 Å². The Balaban J connectivity index is 5.25. The summed E-state index contributed by atoms with van der Waals surface area (Å²) in [5.41, 5.74) is 0. The maximum atomic E-state index is 13.2. The highest BCUT2D eigenvalue weighted by Gasteiger charge is 2.31. The smallest absolute Gasteiger partial charge is 0.462 e. The van der Waals surface area contributed by atoms with E-state index >= 15 is 0 Å². The number of ether oxygens (including phenoxy) is 4. The molecule has 0 aromatic carbocycles. The summed E-state index contributed by atoms with van der Waals surface area (Å²) in [5.74, 6) is 0.335. The van der Waals surface area contributed by atoms with E-state index in [-0.39, 0.29) is 25.7 Å². The summed E-state index contributed by atoms with van der Waals surface area (Å²) >= 11 is 0. The Morgan fingerprint density at radius 1 is 0.300 bits per heavy atom. The zero-order valence-corrected chi connectivity index (χ0v) is 74.0. The summed E-state index contributed by atoms with van der Waals surface area (Å²) in [4.78, 5) is 73.3. The summed E-state index contributed by atoms with van der Waals surface area (Å²) in [6, 6.07) is 0. The quantitative estimate of drug-likeness (QED) is 0.0169. The number of esters is 4. The molecule has 0 aliphatic heterocycles. The topological polar surface area (TPSA) is 237 Å². The minimum Gasteiger partial charge on any atom is -0.462 e. The number of phosphoric ester groups is 2. The van der Waals surface area contributed by atoms with Crippen molar-refractivity contribution in [3.8, 4) is 0 Å². The molecule has 7 atom stereocenters. The molecule has 0 heterocycles. The molecule has 110 heavy (non-hydrogen) atoms. The lowest BCUT2D eigenvalue weighted by atomic mass is 9.99. The molecule has 0 fully saturated rings. The molecule has 650 valence electrons. The molecule has 0 aliphatic rings. The summed E-state index contributed by atoms with van der Waals surface area (Å²) in [5, 5.41) is 10.7. The van der Waals surface area contributed by atoms with E-state index in [9.17, 15) is 43.2 Å². The van der Waals surface area contributed by atoms with Gasteiger partial charge in [-0.1, -0.05) is 407 Å². The van der Waals surface area contributed by atoms with Crippen LogP contribution >= 0.6 is 15.6 Å². The average Bonchev–Trinajstić information content (AvgIpc) is 0.881. The van der Waals surface area contributed by atoms with Gasteiger partial charge in [0.05, 0.1) is 26.4 Å². The van der Waals surface area contributed by atoms with Crippen LogP contribution in [-0.2, 0) is 65.4 Å². The minimum atomic E-state index is -4.97. The Morgan fingerprint density at radius 2 is 0.536 bits per heavy atom. The molecule has 0 radical (unpaired) electrons. The normalized spacial score (nSPS) is 14.4. The van der Waals surface area contributed by atoms with Gasteiger partial charge in [0.15, 0.2) is 12.2 Å². The van der Waals surface area contributed by atoms with Crippen LogP contribution in [0.2, 0.25) is 0 Å². The number of phosphoric acid groups is 2. The third kappa shape index (κ3) is 80.7. The van der Waals surface area contributed by atoms with E-state index in [2.05, 4.69) is 72.8 Å². The van der Waals surface area contributed by atoms with Crippen molar-refractivity contribution in [3.05, 3.63) is 24.3 Å². The van der Waals surface area contributed by atoms with Gasteiger partial charge in [0.25, 0.3) is 0 Å². The molecule has 0 bridgehead atoms.